The highest BCUT2D eigenvalue weighted by atomic mass is 32.2. The number of carbonyl (C=O) groups excluding carboxylic acids is 2. The van der Waals surface area contributed by atoms with E-state index < -0.39 is 34.1 Å². The van der Waals surface area contributed by atoms with E-state index in [9.17, 15) is 24.0 Å². The van der Waals surface area contributed by atoms with Gasteiger partial charge >= 0.3 is 0 Å². The molecule has 0 amide bonds. The molecule has 0 heterocycles. The van der Waals surface area contributed by atoms with Crippen molar-refractivity contribution in [3.8, 4) is 11.5 Å². The molecule has 0 saturated carbocycles. The van der Waals surface area contributed by atoms with Gasteiger partial charge in [-0.05, 0) is 0 Å². The van der Waals surface area contributed by atoms with Crippen LogP contribution in [-0.4, -0.2) is 26.0 Å². The number of rotatable bonds is 2. The normalized spacial score (nSPS) is 14.4. The lowest BCUT2D eigenvalue weighted by molar-refractivity contribution is -0.633. The van der Waals surface area contributed by atoms with Crippen LogP contribution in [-0.2, 0) is 15.4 Å². The number of carbonyl (C=O) groups is 2. The van der Waals surface area contributed by atoms with E-state index in [1.165, 1.54) is 12.1 Å². The second-order valence-electron chi connectivity index (χ2n) is 4.55. The second-order valence-corrected chi connectivity index (χ2v) is 5.69. The van der Waals surface area contributed by atoms with Gasteiger partial charge < -0.3 is 10.2 Å². The topological polar surface area (TPSA) is 129 Å². The summed E-state index contributed by atoms with van der Waals surface area (Å²) in [7, 11) is 0. The Morgan fingerprint density at radius 1 is 1.00 bits per heavy atom. The number of benzene rings is 2. The first kappa shape index (κ1) is 14.4. The van der Waals surface area contributed by atoms with Gasteiger partial charge in [0.25, 0.3) is 0 Å². The maximum Gasteiger partial charge on any atom is 0.249 e. The highest BCUT2D eigenvalue weighted by Gasteiger charge is 2.36. The van der Waals surface area contributed by atoms with Gasteiger partial charge in [-0.2, -0.15) is 5.90 Å². The molecule has 0 saturated heterocycles. The fourth-order valence-electron chi connectivity index (χ4n) is 2.42. The Morgan fingerprint density at radius 3 is 2.09 bits per heavy atom. The van der Waals surface area contributed by atoms with Crippen LogP contribution in [0.2, 0.25) is 0 Å². The third kappa shape index (κ3) is 1.86. The van der Waals surface area contributed by atoms with E-state index >= 15 is 0 Å². The minimum absolute atomic E-state index is 0.105. The minimum Gasteiger partial charge on any atom is -0.507 e. The number of hydrogen-bond donors (Lipinski definition) is 3. The van der Waals surface area contributed by atoms with Crippen molar-refractivity contribution in [3.63, 3.8) is 0 Å². The molecule has 3 rings (SSSR count). The maximum atomic E-state index is 12.5. The van der Waals surface area contributed by atoms with E-state index in [0.29, 0.717) is 0 Å². The zero-order chi connectivity index (χ0) is 16.0. The largest absolute Gasteiger partial charge is 0.507 e. The van der Waals surface area contributed by atoms with Crippen LogP contribution in [0.5, 0.6) is 11.5 Å². The van der Waals surface area contributed by atoms with Crippen molar-refractivity contribution in [2.45, 2.75) is 4.90 Å². The van der Waals surface area contributed by atoms with Crippen LogP contribution < -0.4 is 5.90 Å². The summed E-state index contributed by atoms with van der Waals surface area (Å²) in [4.78, 5) is 24.6. The Bertz CT molecular complexity index is 861. The molecule has 0 radical (unpaired) electrons. The first-order valence-electron chi connectivity index (χ1n) is 6.09. The molecule has 1 aliphatic carbocycles. The quantitative estimate of drug-likeness (QED) is 0.453. The standard InChI is InChI=1S/C14H9NO6S/c15-21-22(20)9-5-8(16)10-11(14(9)19)13(18)7-4-2-1-3-6(7)12(10)17/h1-5H,15H3,(H-,16,17,18,19)/p+1. The van der Waals surface area contributed by atoms with Gasteiger partial charge in [-0.15, -0.1) is 0 Å². The molecule has 1 unspecified atom stereocenters. The number of hydrogen-bond acceptors (Lipinski definition) is 6. The summed E-state index contributed by atoms with van der Waals surface area (Å²) in [5.74, 6) is 0.521. The van der Waals surface area contributed by atoms with Crippen LogP contribution in [0, 0.1) is 0 Å². The number of quaternary nitrogens is 1. The molecule has 2 aromatic carbocycles. The van der Waals surface area contributed by atoms with E-state index in [1.54, 1.807) is 12.1 Å². The van der Waals surface area contributed by atoms with Crippen molar-refractivity contribution in [1.82, 2.24) is 0 Å². The van der Waals surface area contributed by atoms with E-state index in [1.807, 2.05) is 0 Å². The first-order chi connectivity index (χ1) is 10.5. The molecule has 0 spiro atoms. The van der Waals surface area contributed by atoms with Gasteiger partial charge in [0.15, 0.2) is 11.6 Å². The zero-order valence-electron chi connectivity index (χ0n) is 11.0. The van der Waals surface area contributed by atoms with E-state index in [4.69, 9.17) is 0 Å². The average Bonchev–Trinajstić information content (AvgIpc) is 2.53. The van der Waals surface area contributed by atoms with Crippen molar-refractivity contribution < 1.29 is 34.2 Å². The summed E-state index contributed by atoms with van der Waals surface area (Å²) in [6, 6.07) is 6.99. The van der Waals surface area contributed by atoms with Crippen molar-refractivity contribution >= 4 is 22.6 Å². The maximum absolute atomic E-state index is 12.5. The monoisotopic (exact) mass is 320 g/mol. The molecule has 8 heteroatoms. The molecule has 0 aromatic heterocycles. The fraction of sp³-hybridized carbons (Fsp3) is 0. The van der Waals surface area contributed by atoms with Crippen LogP contribution in [0.4, 0.5) is 0 Å². The predicted molar refractivity (Wildman–Crippen MR) is 73.5 cm³/mol. The van der Waals surface area contributed by atoms with Crippen molar-refractivity contribution in [2.24, 2.45) is 0 Å². The summed E-state index contributed by atoms with van der Waals surface area (Å²) >= 11 is -2.18. The Labute approximate surface area is 126 Å². The zero-order valence-corrected chi connectivity index (χ0v) is 11.8. The highest BCUT2D eigenvalue weighted by molar-refractivity contribution is 7.80. The van der Waals surface area contributed by atoms with Gasteiger partial charge in [-0.25, -0.2) is 4.21 Å². The number of aromatic hydroxyl groups is 2. The fourth-order valence-corrected chi connectivity index (χ4v) is 3.02. The van der Waals surface area contributed by atoms with Gasteiger partial charge in [0.1, 0.15) is 16.4 Å². The van der Waals surface area contributed by atoms with E-state index in [0.717, 1.165) is 6.07 Å². The molecule has 0 aliphatic heterocycles. The van der Waals surface area contributed by atoms with Gasteiger partial charge in [-0.1, -0.05) is 28.5 Å². The molecule has 112 valence electrons. The Morgan fingerprint density at radius 2 is 1.55 bits per heavy atom. The minimum atomic E-state index is -2.18. The lowest BCUT2D eigenvalue weighted by Crippen LogP contribution is -2.49. The summed E-state index contributed by atoms with van der Waals surface area (Å²) in [6.07, 6.45) is 0. The summed E-state index contributed by atoms with van der Waals surface area (Å²) in [6.45, 7) is 0. The molecule has 22 heavy (non-hydrogen) atoms. The van der Waals surface area contributed by atoms with Gasteiger partial charge in [-0.3, -0.25) is 9.59 Å². The lowest BCUT2D eigenvalue weighted by atomic mass is 9.83. The van der Waals surface area contributed by atoms with Crippen LogP contribution >= 0.6 is 0 Å². The van der Waals surface area contributed by atoms with E-state index in [-0.39, 0.29) is 27.1 Å². The molecule has 5 N–H and O–H groups in total. The highest BCUT2D eigenvalue weighted by Crippen LogP contribution is 2.40. The second kappa shape index (κ2) is 5.02. The summed E-state index contributed by atoms with van der Waals surface area (Å²) < 4.78 is 16.0. The van der Waals surface area contributed by atoms with Gasteiger partial charge in [0.2, 0.25) is 11.1 Å². The van der Waals surface area contributed by atoms with Crippen LogP contribution in [0.15, 0.2) is 35.2 Å². The SMILES string of the molecule is [NH3+]OS(=O)c1cc(O)c2c(c1O)C(=O)c1ccccc1C2=O. The van der Waals surface area contributed by atoms with Gasteiger partial charge in [0, 0.05) is 17.2 Å². The van der Waals surface area contributed by atoms with Crippen molar-refractivity contribution in [2.75, 3.05) is 0 Å². The van der Waals surface area contributed by atoms with Crippen LogP contribution in [0.3, 0.4) is 0 Å². The lowest BCUT2D eigenvalue weighted by Gasteiger charge is -2.20. The van der Waals surface area contributed by atoms with Crippen LogP contribution in [0.1, 0.15) is 31.8 Å². The smallest absolute Gasteiger partial charge is 0.249 e. The van der Waals surface area contributed by atoms with E-state index in [2.05, 4.69) is 10.2 Å². The molecule has 2 aromatic rings. The predicted octanol–water partition coefficient (Wildman–Crippen LogP) is 0.0693. The number of phenolic OH excluding ortho intramolecular Hbond substituents is 2. The molecular weight excluding hydrogens is 310 g/mol. The van der Waals surface area contributed by atoms with Gasteiger partial charge in [0.05, 0.1) is 11.1 Å². The summed E-state index contributed by atoms with van der Waals surface area (Å²) in [5.41, 5.74) is -0.458. The Balaban J connectivity index is 2.36. The van der Waals surface area contributed by atoms with Crippen molar-refractivity contribution in [3.05, 3.63) is 52.6 Å². The first-order valence-corrected chi connectivity index (χ1v) is 7.16. The Hall–Kier alpha value is -2.55. The third-order valence-electron chi connectivity index (χ3n) is 3.40. The molecule has 0 bridgehead atoms. The third-order valence-corrected chi connectivity index (χ3v) is 4.29. The Kier molecular flexibility index (Phi) is 3.28. The molecular formula is C14H10NO6S+. The summed E-state index contributed by atoms with van der Waals surface area (Å²) in [5, 5.41) is 20.2. The molecule has 0 fully saturated rings. The molecule has 7 nitrogen and oxygen atoms in total. The van der Waals surface area contributed by atoms with Crippen molar-refractivity contribution in [1.29, 1.82) is 0 Å². The molecule has 1 atom stereocenters. The molecule has 1 aliphatic rings. The number of phenols is 2. The number of ketones is 2. The van der Waals surface area contributed by atoms with Crippen LogP contribution in [0.25, 0.3) is 0 Å². The number of fused-ring (bicyclic) bond motifs is 2. The average molecular weight is 320 g/mol.